The van der Waals surface area contributed by atoms with Crippen LogP contribution in [0.15, 0.2) is 86.8 Å². The molecule has 0 fully saturated rings. The number of aliphatic hydroxyl groups is 1. The molecule has 0 saturated carbocycles. The molecule has 0 aliphatic carbocycles. The molecule has 1 aliphatic rings. The normalized spacial score (nSPS) is 15.8. The number of aryl methyl sites for hydroxylation is 2. The fourth-order valence-electron chi connectivity index (χ4n) is 3.86. The number of carbonyl (C=O) groups is 2. The lowest BCUT2D eigenvalue weighted by atomic mass is 9.95. The van der Waals surface area contributed by atoms with Gasteiger partial charge in [0, 0.05) is 5.75 Å². The van der Waals surface area contributed by atoms with Crippen LogP contribution in [0.2, 0.25) is 0 Å². The molecule has 2 aromatic carbocycles. The number of amides is 1. The van der Waals surface area contributed by atoms with E-state index in [-0.39, 0.29) is 11.3 Å². The van der Waals surface area contributed by atoms with E-state index in [2.05, 4.69) is 34.5 Å². The van der Waals surface area contributed by atoms with Crippen LogP contribution >= 0.6 is 23.1 Å². The maximum Gasteiger partial charge on any atom is 0.296 e. The van der Waals surface area contributed by atoms with E-state index in [1.54, 1.807) is 25.1 Å². The Bertz CT molecular complexity index is 1420. The van der Waals surface area contributed by atoms with Crippen LogP contribution in [-0.4, -0.2) is 27.0 Å². The van der Waals surface area contributed by atoms with E-state index in [0.717, 1.165) is 5.56 Å². The number of furan rings is 1. The minimum atomic E-state index is -0.857. The number of aromatic nitrogens is 2. The lowest BCUT2D eigenvalue weighted by Gasteiger charge is -2.23. The fourth-order valence-corrected chi connectivity index (χ4v) is 5.69. The number of thioether (sulfide) groups is 1. The summed E-state index contributed by atoms with van der Waals surface area (Å²) in [7, 11) is 0. The SMILES string of the molecule is Cc1ccc(CSc2nnc(N3C(=O)C(O)=C(C(=O)c4ccc(C)o4)C3c3ccccc3)s2)cc1. The Morgan fingerprint density at radius 3 is 2.49 bits per heavy atom. The van der Waals surface area contributed by atoms with Crippen molar-refractivity contribution in [1.29, 1.82) is 0 Å². The van der Waals surface area contributed by atoms with Crippen molar-refractivity contribution in [3.8, 4) is 0 Å². The molecule has 0 spiro atoms. The summed E-state index contributed by atoms with van der Waals surface area (Å²) in [6.07, 6.45) is 0. The van der Waals surface area contributed by atoms with E-state index in [4.69, 9.17) is 4.42 Å². The molecule has 0 saturated heterocycles. The predicted octanol–water partition coefficient (Wildman–Crippen LogP) is 5.82. The van der Waals surface area contributed by atoms with Gasteiger partial charge < -0.3 is 9.52 Å². The van der Waals surface area contributed by atoms with Crippen LogP contribution in [0.3, 0.4) is 0 Å². The van der Waals surface area contributed by atoms with Crippen molar-refractivity contribution in [3.63, 3.8) is 0 Å². The molecular weight excluding hydrogens is 482 g/mol. The number of hydrogen-bond acceptors (Lipinski definition) is 8. The van der Waals surface area contributed by atoms with Crippen LogP contribution in [0.1, 0.15) is 39.0 Å². The topological polar surface area (TPSA) is 96.5 Å². The van der Waals surface area contributed by atoms with Crippen molar-refractivity contribution in [1.82, 2.24) is 10.2 Å². The Kier molecular flexibility index (Phi) is 6.27. The highest BCUT2D eigenvalue weighted by Gasteiger charge is 2.46. The lowest BCUT2D eigenvalue weighted by molar-refractivity contribution is -0.117. The molecule has 3 heterocycles. The predicted molar refractivity (Wildman–Crippen MR) is 135 cm³/mol. The Morgan fingerprint density at radius 2 is 1.80 bits per heavy atom. The molecule has 4 aromatic rings. The molecule has 35 heavy (non-hydrogen) atoms. The van der Waals surface area contributed by atoms with Gasteiger partial charge in [-0.1, -0.05) is 83.3 Å². The highest BCUT2D eigenvalue weighted by atomic mass is 32.2. The van der Waals surface area contributed by atoms with Gasteiger partial charge >= 0.3 is 0 Å². The zero-order valence-corrected chi connectivity index (χ0v) is 20.6. The van der Waals surface area contributed by atoms with Gasteiger partial charge in [0.25, 0.3) is 5.91 Å². The van der Waals surface area contributed by atoms with E-state index in [9.17, 15) is 14.7 Å². The smallest absolute Gasteiger partial charge is 0.296 e. The Labute approximate surface area is 210 Å². The zero-order valence-electron chi connectivity index (χ0n) is 19.0. The number of nitrogens with zero attached hydrogens (tertiary/aromatic N) is 3. The van der Waals surface area contributed by atoms with Crippen molar-refractivity contribution in [2.45, 2.75) is 30.0 Å². The van der Waals surface area contributed by atoms with E-state index in [1.165, 1.54) is 39.6 Å². The average molecular weight is 504 g/mol. The van der Waals surface area contributed by atoms with Gasteiger partial charge in [0.1, 0.15) is 5.76 Å². The second-order valence-corrected chi connectivity index (χ2v) is 10.3. The Morgan fingerprint density at radius 1 is 1.06 bits per heavy atom. The second-order valence-electron chi connectivity index (χ2n) is 8.11. The number of rotatable bonds is 7. The van der Waals surface area contributed by atoms with Gasteiger partial charge in [0.2, 0.25) is 10.9 Å². The van der Waals surface area contributed by atoms with Gasteiger partial charge in [-0.3, -0.25) is 14.5 Å². The minimum absolute atomic E-state index is 0.0420. The maximum absolute atomic E-state index is 13.3. The summed E-state index contributed by atoms with van der Waals surface area (Å²) in [6.45, 7) is 3.77. The Balaban J connectivity index is 1.47. The minimum Gasteiger partial charge on any atom is -0.503 e. The number of carbonyl (C=O) groups excluding carboxylic acids is 2. The molecule has 1 N–H and O–H groups in total. The molecule has 1 amide bonds. The van der Waals surface area contributed by atoms with E-state index < -0.39 is 23.5 Å². The fraction of sp³-hybridized carbons (Fsp3) is 0.154. The second kappa shape index (κ2) is 9.52. The van der Waals surface area contributed by atoms with E-state index >= 15 is 0 Å². The van der Waals surface area contributed by atoms with Crippen LogP contribution in [0, 0.1) is 13.8 Å². The van der Waals surface area contributed by atoms with E-state index in [1.807, 2.05) is 25.1 Å². The van der Waals surface area contributed by atoms with Gasteiger partial charge in [-0.15, -0.1) is 10.2 Å². The van der Waals surface area contributed by atoms with Gasteiger partial charge in [-0.05, 0) is 37.1 Å². The van der Waals surface area contributed by atoms with Crippen LogP contribution < -0.4 is 4.90 Å². The first kappa shape index (κ1) is 23.1. The number of Topliss-reactive ketones (excluding diaryl/α,β-unsaturated/α-hetero) is 1. The molecule has 0 bridgehead atoms. The number of benzene rings is 2. The summed E-state index contributed by atoms with van der Waals surface area (Å²) >= 11 is 2.76. The van der Waals surface area contributed by atoms with Crippen LogP contribution in [0.5, 0.6) is 0 Å². The third-order valence-corrected chi connectivity index (χ3v) is 7.74. The van der Waals surface area contributed by atoms with Crippen molar-refractivity contribution in [2.75, 3.05) is 4.90 Å². The molecular formula is C26H21N3O4S2. The molecule has 5 rings (SSSR count). The molecule has 1 unspecified atom stereocenters. The Hall–Kier alpha value is -3.69. The highest BCUT2D eigenvalue weighted by molar-refractivity contribution is 8.00. The summed E-state index contributed by atoms with van der Waals surface area (Å²) < 4.78 is 6.18. The van der Waals surface area contributed by atoms with Crippen molar-refractivity contribution < 1.29 is 19.1 Å². The quantitative estimate of drug-likeness (QED) is 0.193. The van der Waals surface area contributed by atoms with Crippen LogP contribution in [0.25, 0.3) is 0 Å². The first-order valence-corrected chi connectivity index (χ1v) is 12.7. The summed E-state index contributed by atoms with van der Waals surface area (Å²) in [5.41, 5.74) is 2.97. The monoisotopic (exact) mass is 503 g/mol. The number of hydrogen-bond donors (Lipinski definition) is 1. The van der Waals surface area contributed by atoms with Crippen LogP contribution in [0.4, 0.5) is 5.13 Å². The lowest BCUT2D eigenvalue weighted by Crippen LogP contribution is -2.31. The molecule has 176 valence electrons. The summed E-state index contributed by atoms with van der Waals surface area (Å²) in [5.74, 6) is -0.523. The highest BCUT2D eigenvalue weighted by Crippen LogP contribution is 2.43. The first-order valence-electron chi connectivity index (χ1n) is 10.9. The molecule has 9 heteroatoms. The molecule has 0 radical (unpaired) electrons. The standard InChI is InChI=1S/C26H21N3O4S2/c1-15-8-11-17(12-9-15)14-34-26-28-27-25(35-26)29-21(18-6-4-3-5-7-18)20(23(31)24(29)32)22(30)19-13-10-16(2)33-19/h3-13,21,31H,14H2,1-2H3. The third-order valence-electron chi connectivity index (χ3n) is 5.62. The average Bonchev–Trinajstić information content (AvgIpc) is 3.57. The van der Waals surface area contributed by atoms with Crippen molar-refractivity contribution >= 4 is 39.9 Å². The number of ketones is 1. The molecule has 7 nitrogen and oxygen atoms in total. The summed E-state index contributed by atoms with van der Waals surface area (Å²) in [5, 5.41) is 19.6. The maximum atomic E-state index is 13.3. The van der Waals surface area contributed by atoms with Gasteiger partial charge in [0.15, 0.2) is 15.9 Å². The molecule has 1 aliphatic heterocycles. The van der Waals surface area contributed by atoms with E-state index in [0.29, 0.717) is 26.5 Å². The number of anilines is 1. The van der Waals surface area contributed by atoms with Crippen LogP contribution in [-0.2, 0) is 10.5 Å². The van der Waals surface area contributed by atoms with Crippen molar-refractivity contribution in [3.05, 3.63) is 106 Å². The third kappa shape index (κ3) is 4.52. The summed E-state index contributed by atoms with van der Waals surface area (Å²) in [6, 6.07) is 19.7. The van der Waals surface area contributed by atoms with Gasteiger partial charge in [-0.25, -0.2) is 0 Å². The number of aliphatic hydroxyl groups excluding tert-OH is 1. The van der Waals surface area contributed by atoms with Crippen molar-refractivity contribution in [2.24, 2.45) is 0 Å². The zero-order chi connectivity index (χ0) is 24.5. The van der Waals surface area contributed by atoms with Gasteiger partial charge in [0.05, 0.1) is 11.6 Å². The summed E-state index contributed by atoms with van der Waals surface area (Å²) in [4.78, 5) is 27.9. The largest absolute Gasteiger partial charge is 0.503 e. The first-order chi connectivity index (χ1) is 16.9. The van der Waals surface area contributed by atoms with Gasteiger partial charge in [-0.2, -0.15) is 0 Å². The molecule has 2 aromatic heterocycles. The molecule has 1 atom stereocenters.